The van der Waals surface area contributed by atoms with Gasteiger partial charge in [-0.05, 0) is 18.6 Å². The summed E-state index contributed by atoms with van der Waals surface area (Å²) in [6, 6.07) is 14.1. The average Bonchev–Trinajstić information content (AvgIpc) is 2.55. The van der Waals surface area contributed by atoms with E-state index in [4.69, 9.17) is 0 Å². The number of carbonyl (C=O) groups is 2. The van der Waals surface area contributed by atoms with E-state index < -0.39 is 0 Å². The van der Waals surface area contributed by atoms with Crippen LogP contribution in [0.25, 0.3) is 0 Å². The third kappa shape index (κ3) is 5.19. The van der Waals surface area contributed by atoms with Crippen molar-refractivity contribution < 1.29 is 14.0 Å². The van der Waals surface area contributed by atoms with Crippen LogP contribution in [0.3, 0.4) is 0 Å². The molecule has 2 rings (SSSR count). The number of hydrogen-bond donors (Lipinski definition) is 1. The third-order valence-corrected chi connectivity index (χ3v) is 3.71. The molecule has 0 aliphatic heterocycles. The van der Waals surface area contributed by atoms with E-state index in [0.717, 1.165) is 11.1 Å². The van der Waals surface area contributed by atoms with Gasteiger partial charge >= 0.3 is 0 Å². The molecule has 1 N–H and O–H groups in total. The van der Waals surface area contributed by atoms with Crippen molar-refractivity contribution in [1.29, 1.82) is 0 Å². The highest BCUT2D eigenvalue weighted by Crippen LogP contribution is 2.10. The summed E-state index contributed by atoms with van der Waals surface area (Å²) in [7, 11) is 0. The maximum absolute atomic E-state index is 13.7. The smallest absolute Gasteiger partial charge is 0.239 e. The second-order valence-corrected chi connectivity index (χ2v) is 5.73. The molecule has 5 heteroatoms. The number of carbonyl (C=O) groups excluding carboxylic acids is 2. The molecule has 0 aliphatic carbocycles. The quantitative estimate of drug-likeness (QED) is 0.886. The van der Waals surface area contributed by atoms with Crippen LogP contribution in [0.1, 0.15) is 23.6 Å². The van der Waals surface area contributed by atoms with Crippen molar-refractivity contribution in [2.75, 3.05) is 6.54 Å². The van der Waals surface area contributed by atoms with Crippen molar-refractivity contribution in [2.45, 2.75) is 26.9 Å². The first-order valence-corrected chi connectivity index (χ1v) is 7.77. The summed E-state index contributed by atoms with van der Waals surface area (Å²) in [5, 5.41) is 2.78. The Kier molecular flexibility index (Phi) is 6.07. The summed E-state index contributed by atoms with van der Waals surface area (Å²) in [5.74, 6) is -0.935. The van der Waals surface area contributed by atoms with E-state index in [9.17, 15) is 14.0 Å². The summed E-state index contributed by atoms with van der Waals surface area (Å²) in [6.07, 6.45) is 0. The summed E-state index contributed by atoms with van der Waals surface area (Å²) in [6.45, 7) is 3.73. The second kappa shape index (κ2) is 8.24. The molecular formula is C19H21FN2O2. The van der Waals surface area contributed by atoms with Crippen molar-refractivity contribution >= 4 is 11.8 Å². The Balaban J connectivity index is 1.92. The Labute approximate surface area is 141 Å². The van der Waals surface area contributed by atoms with Gasteiger partial charge < -0.3 is 10.2 Å². The van der Waals surface area contributed by atoms with Gasteiger partial charge in [-0.1, -0.05) is 48.0 Å². The van der Waals surface area contributed by atoms with Gasteiger partial charge in [-0.15, -0.1) is 0 Å². The van der Waals surface area contributed by atoms with Crippen molar-refractivity contribution in [3.63, 3.8) is 0 Å². The summed E-state index contributed by atoms with van der Waals surface area (Å²) < 4.78 is 13.7. The first-order valence-electron chi connectivity index (χ1n) is 7.77. The van der Waals surface area contributed by atoms with E-state index >= 15 is 0 Å². The van der Waals surface area contributed by atoms with E-state index in [-0.39, 0.29) is 30.7 Å². The molecule has 0 heterocycles. The molecule has 0 aliphatic rings. The Morgan fingerprint density at radius 3 is 2.38 bits per heavy atom. The molecule has 0 radical (unpaired) electrons. The van der Waals surface area contributed by atoms with Crippen LogP contribution in [-0.2, 0) is 22.7 Å². The molecule has 2 aromatic rings. The molecule has 0 unspecified atom stereocenters. The lowest BCUT2D eigenvalue weighted by Gasteiger charge is -2.21. The topological polar surface area (TPSA) is 49.4 Å². The zero-order valence-electron chi connectivity index (χ0n) is 13.9. The average molecular weight is 328 g/mol. The zero-order chi connectivity index (χ0) is 17.5. The number of nitrogens with one attached hydrogen (secondary N) is 1. The molecule has 0 saturated carbocycles. The van der Waals surface area contributed by atoms with Crippen molar-refractivity contribution in [3.8, 4) is 0 Å². The Hall–Kier alpha value is -2.69. The number of amides is 2. The largest absolute Gasteiger partial charge is 0.350 e. The Bertz CT molecular complexity index is 714. The third-order valence-electron chi connectivity index (χ3n) is 3.71. The standard InChI is InChI=1S/C19H21FN2O2/c1-14-7-9-16(10-8-14)11-21-19(24)13-22(15(2)23)12-17-5-3-4-6-18(17)20/h3-10H,11-13H2,1-2H3,(H,21,24). The molecule has 4 nitrogen and oxygen atoms in total. The Morgan fingerprint density at radius 2 is 1.75 bits per heavy atom. The van der Waals surface area contributed by atoms with Crippen LogP contribution in [0.2, 0.25) is 0 Å². The zero-order valence-corrected chi connectivity index (χ0v) is 13.9. The molecule has 0 saturated heterocycles. The van der Waals surface area contributed by atoms with Crippen molar-refractivity contribution in [1.82, 2.24) is 10.2 Å². The summed E-state index contributed by atoms with van der Waals surface area (Å²) >= 11 is 0. The number of hydrogen-bond acceptors (Lipinski definition) is 2. The maximum Gasteiger partial charge on any atom is 0.239 e. The van der Waals surface area contributed by atoms with Gasteiger partial charge in [0.05, 0.1) is 6.54 Å². The first kappa shape index (κ1) is 17.7. The lowest BCUT2D eigenvalue weighted by atomic mass is 10.1. The molecule has 0 spiro atoms. The fourth-order valence-corrected chi connectivity index (χ4v) is 2.25. The highest BCUT2D eigenvalue weighted by molar-refractivity contribution is 5.83. The van der Waals surface area contributed by atoms with Crippen molar-refractivity contribution in [3.05, 3.63) is 71.0 Å². The molecule has 126 valence electrons. The predicted octanol–water partition coefficient (Wildman–Crippen LogP) is 2.80. The summed E-state index contributed by atoms with van der Waals surface area (Å²) in [5.41, 5.74) is 2.52. The van der Waals surface area contributed by atoms with Crippen molar-refractivity contribution in [2.24, 2.45) is 0 Å². The second-order valence-electron chi connectivity index (χ2n) is 5.73. The molecule has 2 amide bonds. The van der Waals surface area contributed by atoms with Crippen LogP contribution < -0.4 is 5.32 Å². The van der Waals surface area contributed by atoms with E-state index in [2.05, 4.69) is 5.32 Å². The van der Waals surface area contributed by atoms with E-state index in [1.165, 1.54) is 17.9 Å². The van der Waals surface area contributed by atoms with Gasteiger partial charge in [-0.2, -0.15) is 0 Å². The summed E-state index contributed by atoms with van der Waals surface area (Å²) in [4.78, 5) is 25.1. The van der Waals surface area contributed by atoms with Gasteiger partial charge in [-0.3, -0.25) is 9.59 Å². The SMILES string of the molecule is CC(=O)N(CC(=O)NCc1ccc(C)cc1)Cc1ccccc1F. The van der Waals surface area contributed by atoms with Gasteiger partial charge in [0.1, 0.15) is 5.82 Å². The number of aryl methyl sites for hydroxylation is 1. The van der Waals surface area contributed by atoms with Crippen LogP contribution in [0.15, 0.2) is 48.5 Å². The number of nitrogens with zero attached hydrogens (tertiary/aromatic N) is 1. The monoisotopic (exact) mass is 328 g/mol. The number of halogens is 1. The van der Waals surface area contributed by atoms with Crippen LogP contribution in [0.5, 0.6) is 0 Å². The fourth-order valence-electron chi connectivity index (χ4n) is 2.25. The molecule has 2 aromatic carbocycles. The molecule has 0 bridgehead atoms. The Morgan fingerprint density at radius 1 is 1.08 bits per heavy atom. The molecule has 0 fully saturated rings. The lowest BCUT2D eigenvalue weighted by Crippen LogP contribution is -2.39. The predicted molar refractivity (Wildman–Crippen MR) is 90.5 cm³/mol. The van der Waals surface area contributed by atoms with E-state index in [0.29, 0.717) is 12.1 Å². The van der Waals surface area contributed by atoms with Crippen LogP contribution in [0.4, 0.5) is 4.39 Å². The van der Waals surface area contributed by atoms with Crippen LogP contribution in [-0.4, -0.2) is 23.3 Å². The fraction of sp³-hybridized carbons (Fsp3) is 0.263. The molecule has 24 heavy (non-hydrogen) atoms. The van der Waals surface area contributed by atoms with Gasteiger partial charge in [0.2, 0.25) is 11.8 Å². The number of rotatable bonds is 6. The maximum atomic E-state index is 13.7. The van der Waals surface area contributed by atoms with Gasteiger partial charge in [0.25, 0.3) is 0 Å². The normalized spacial score (nSPS) is 10.3. The van der Waals surface area contributed by atoms with Crippen LogP contribution >= 0.6 is 0 Å². The van der Waals surface area contributed by atoms with E-state index in [1.54, 1.807) is 18.2 Å². The highest BCUT2D eigenvalue weighted by atomic mass is 19.1. The van der Waals surface area contributed by atoms with Gasteiger partial charge in [0, 0.05) is 25.6 Å². The van der Waals surface area contributed by atoms with E-state index in [1.807, 2.05) is 31.2 Å². The number of benzene rings is 2. The first-order chi connectivity index (χ1) is 11.5. The minimum atomic E-state index is -0.385. The minimum absolute atomic E-state index is 0.0694. The molecule has 0 aromatic heterocycles. The van der Waals surface area contributed by atoms with Gasteiger partial charge in [0.15, 0.2) is 0 Å². The minimum Gasteiger partial charge on any atom is -0.350 e. The highest BCUT2D eigenvalue weighted by Gasteiger charge is 2.15. The lowest BCUT2D eigenvalue weighted by molar-refractivity contribution is -0.135. The molecular weight excluding hydrogens is 307 g/mol. The van der Waals surface area contributed by atoms with Gasteiger partial charge in [-0.25, -0.2) is 4.39 Å². The van der Waals surface area contributed by atoms with Crippen LogP contribution in [0, 0.1) is 12.7 Å². The molecule has 0 atom stereocenters.